The predicted molar refractivity (Wildman–Crippen MR) is 123 cm³/mol. The number of aromatic nitrogens is 3. The molecule has 1 unspecified atom stereocenters. The van der Waals surface area contributed by atoms with E-state index in [2.05, 4.69) is 15.2 Å². The average Bonchev–Trinajstić information content (AvgIpc) is 3.23. The van der Waals surface area contributed by atoms with Gasteiger partial charge in [-0.2, -0.15) is 4.98 Å². The van der Waals surface area contributed by atoms with Gasteiger partial charge in [0.2, 0.25) is 11.7 Å². The fourth-order valence-electron chi connectivity index (χ4n) is 3.75. The Morgan fingerprint density at radius 2 is 1.97 bits per heavy atom. The van der Waals surface area contributed by atoms with Crippen LogP contribution >= 0.6 is 0 Å². The van der Waals surface area contributed by atoms with Crippen molar-refractivity contribution in [3.8, 4) is 0 Å². The number of morpholine rings is 1. The van der Waals surface area contributed by atoms with Crippen LogP contribution in [0.4, 0.5) is 11.8 Å². The second kappa shape index (κ2) is 8.91. The number of hydrogen-bond donors (Lipinski definition) is 2. The van der Waals surface area contributed by atoms with Crippen molar-refractivity contribution in [1.29, 1.82) is 0 Å². The maximum Gasteiger partial charge on any atom is 0.229 e. The number of methoxy groups -OCH3 is 1. The summed E-state index contributed by atoms with van der Waals surface area (Å²) < 4.78 is 16.9. The standard InChI is InChI=1S/C23H24N6O3/c1-30-20(24)17(15-6-3-2-4-7-15)14-26-23-27-18-16-8-5-9-25-22(16)32-19(18)21(28-23)29-10-12-31-13-11-29/h2-9,14,20H,10-13,24H2,1H3,(H,26,27,28)/b17-14-. The van der Waals surface area contributed by atoms with Crippen LogP contribution in [0, 0.1) is 0 Å². The number of anilines is 2. The Kier molecular flexibility index (Phi) is 5.68. The second-order valence-electron chi connectivity index (χ2n) is 7.37. The van der Waals surface area contributed by atoms with E-state index in [-0.39, 0.29) is 0 Å². The third kappa shape index (κ3) is 3.89. The van der Waals surface area contributed by atoms with Crippen LogP contribution in [0.15, 0.2) is 59.3 Å². The lowest BCUT2D eigenvalue weighted by molar-refractivity contribution is 0.122. The van der Waals surface area contributed by atoms with E-state index in [0.29, 0.717) is 41.8 Å². The molecule has 0 amide bonds. The van der Waals surface area contributed by atoms with Gasteiger partial charge in [0.15, 0.2) is 11.4 Å². The van der Waals surface area contributed by atoms with Crippen LogP contribution in [0.3, 0.4) is 0 Å². The highest BCUT2D eigenvalue weighted by atomic mass is 16.5. The summed E-state index contributed by atoms with van der Waals surface area (Å²) in [4.78, 5) is 16.0. The number of pyridine rings is 1. The van der Waals surface area contributed by atoms with Gasteiger partial charge in [-0.1, -0.05) is 30.3 Å². The van der Waals surface area contributed by atoms with Gasteiger partial charge in [0.05, 0.1) is 18.6 Å². The molecule has 0 spiro atoms. The van der Waals surface area contributed by atoms with E-state index in [1.54, 1.807) is 19.5 Å². The van der Waals surface area contributed by atoms with Crippen molar-refractivity contribution >= 4 is 39.5 Å². The lowest BCUT2D eigenvalue weighted by Gasteiger charge is -2.27. The van der Waals surface area contributed by atoms with E-state index >= 15 is 0 Å². The fraction of sp³-hybridized carbons (Fsp3) is 0.261. The van der Waals surface area contributed by atoms with Crippen LogP contribution in [0.2, 0.25) is 0 Å². The molecule has 1 aliphatic rings. The molecule has 5 rings (SSSR count). The molecule has 0 aliphatic carbocycles. The first-order valence-electron chi connectivity index (χ1n) is 10.4. The summed E-state index contributed by atoms with van der Waals surface area (Å²) in [7, 11) is 1.57. The van der Waals surface area contributed by atoms with Gasteiger partial charge in [-0.05, 0) is 17.7 Å². The molecule has 1 atom stereocenters. The molecule has 4 aromatic rings. The molecule has 1 fully saturated rings. The Balaban J connectivity index is 1.60. The summed E-state index contributed by atoms with van der Waals surface area (Å²) in [6, 6.07) is 13.6. The number of nitrogens with zero attached hydrogens (tertiary/aromatic N) is 4. The van der Waals surface area contributed by atoms with Gasteiger partial charge in [-0.25, -0.2) is 9.97 Å². The first-order chi connectivity index (χ1) is 15.7. The molecule has 0 bridgehead atoms. The first-order valence-corrected chi connectivity index (χ1v) is 10.4. The molecule has 4 heterocycles. The van der Waals surface area contributed by atoms with Gasteiger partial charge >= 0.3 is 0 Å². The van der Waals surface area contributed by atoms with Crippen LogP contribution in [-0.2, 0) is 9.47 Å². The summed E-state index contributed by atoms with van der Waals surface area (Å²) >= 11 is 0. The SMILES string of the molecule is COC(N)/C(=C\Nc1nc(N2CCOCC2)c2oc3ncccc3c2n1)c1ccccc1. The number of rotatable bonds is 6. The van der Waals surface area contributed by atoms with Crippen LogP contribution in [-0.4, -0.2) is 54.6 Å². The number of nitrogens with one attached hydrogen (secondary N) is 1. The van der Waals surface area contributed by atoms with Gasteiger partial charge in [0.25, 0.3) is 0 Å². The molecule has 9 heteroatoms. The highest BCUT2D eigenvalue weighted by Gasteiger charge is 2.22. The van der Waals surface area contributed by atoms with Crippen molar-refractivity contribution in [2.24, 2.45) is 5.73 Å². The number of benzene rings is 1. The van der Waals surface area contributed by atoms with Gasteiger partial charge in [0.1, 0.15) is 11.7 Å². The molecule has 1 aliphatic heterocycles. The minimum atomic E-state index is -0.605. The Morgan fingerprint density at radius 1 is 1.16 bits per heavy atom. The number of fused-ring (bicyclic) bond motifs is 3. The van der Waals surface area contributed by atoms with Gasteiger partial charge in [0, 0.05) is 38.2 Å². The first kappa shape index (κ1) is 20.4. The summed E-state index contributed by atoms with van der Waals surface area (Å²) in [6.07, 6.45) is 2.88. The smallest absolute Gasteiger partial charge is 0.229 e. The van der Waals surface area contributed by atoms with Crippen molar-refractivity contribution < 1.29 is 13.9 Å². The van der Waals surface area contributed by atoms with E-state index < -0.39 is 6.23 Å². The highest BCUT2D eigenvalue weighted by molar-refractivity contribution is 6.05. The van der Waals surface area contributed by atoms with Crippen LogP contribution < -0.4 is 16.0 Å². The predicted octanol–water partition coefficient (Wildman–Crippen LogP) is 2.99. The molecule has 164 valence electrons. The monoisotopic (exact) mass is 432 g/mol. The van der Waals surface area contributed by atoms with Crippen molar-refractivity contribution in [3.05, 3.63) is 60.4 Å². The molecule has 1 saturated heterocycles. The summed E-state index contributed by atoms with van der Waals surface area (Å²) in [5.74, 6) is 1.15. The Labute approximate surface area is 184 Å². The second-order valence-corrected chi connectivity index (χ2v) is 7.37. The number of furan rings is 1. The zero-order chi connectivity index (χ0) is 21.9. The molecule has 3 aromatic heterocycles. The largest absolute Gasteiger partial charge is 0.432 e. The van der Waals surface area contributed by atoms with E-state index in [1.807, 2.05) is 42.5 Å². The highest BCUT2D eigenvalue weighted by Crippen LogP contribution is 2.33. The third-order valence-corrected chi connectivity index (χ3v) is 5.41. The summed E-state index contributed by atoms with van der Waals surface area (Å²) in [6.45, 7) is 2.70. The summed E-state index contributed by atoms with van der Waals surface area (Å²) in [5.41, 5.74) is 9.78. The molecule has 9 nitrogen and oxygen atoms in total. The Morgan fingerprint density at radius 3 is 2.75 bits per heavy atom. The number of ether oxygens (including phenoxy) is 2. The van der Waals surface area contributed by atoms with Crippen molar-refractivity contribution in [3.63, 3.8) is 0 Å². The van der Waals surface area contributed by atoms with E-state index in [4.69, 9.17) is 29.6 Å². The van der Waals surface area contributed by atoms with Crippen molar-refractivity contribution in [1.82, 2.24) is 15.0 Å². The number of hydrogen-bond acceptors (Lipinski definition) is 9. The molecular formula is C23H24N6O3. The molecular weight excluding hydrogens is 408 g/mol. The average molecular weight is 432 g/mol. The zero-order valence-electron chi connectivity index (χ0n) is 17.7. The maximum absolute atomic E-state index is 6.19. The van der Waals surface area contributed by atoms with Crippen LogP contribution in [0.1, 0.15) is 5.56 Å². The molecule has 1 aromatic carbocycles. The lowest BCUT2D eigenvalue weighted by atomic mass is 10.1. The molecule has 3 N–H and O–H groups in total. The summed E-state index contributed by atoms with van der Waals surface area (Å²) in [5, 5.41) is 4.06. The van der Waals surface area contributed by atoms with Crippen LogP contribution in [0.25, 0.3) is 27.8 Å². The van der Waals surface area contributed by atoms with Crippen molar-refractivity contribution in [2.75, 3.05) is 43.6 Å². The van der Waals surface area contributed by atoms with E-state index in [1.165, 1.54) is 0 Å². The van der Waals surface area contributed by atoms with E-state index in [0.717, 1.165) is 29.6 Å². The minimum absolute atomic E-state index is 0.433. The molecule has 0 saturated carbocycles. The van der Waals surface area contributed by atoms with Crippen molar-refractivity contribution in [2.45, 2.75) is 6.23 Å². The minimum Gasteiger partial charge on any atom is -0.432 e. The Bertz CT molecular complexity index is 1250. The quantitative estimate of drug-likeness (QED) is 0.444. The fourth-order valence-corrected chi connectivity index (χ4v) is 3.75. The lowest BCUT2D eigenvalue weighted by Crippen LogP contribution is -2.37. The normalized spacial score (nSPS) is 15.9. The van der Waals surface area contributed by atoms with Gasteiger partial charge in [-0.15, -0.1) is 0 Å². The zero-order valence-corrected chi connectivity index (χ0v) is 17.7. The maximum atomic E-state index is 6.19. The van der Waals surface area contributed by atoms with Gasteiger partial charge in [-0.3, -0.25) is 0 Å². The molecule has 0 radical (unpaired) electrons. The third-order valence-electron chi connectivity index (χ3n) is 5.41. The number of nitrogens with two attached hydrogens (primary N) is 1. The molecule has 32 heavy (non-hydrogen) atoms. The van der Waals surface area contributed by atoms with Gasteiger partial charge < -0.3 is 29.8 Å². The topological polar surface area (TPSA) is 112 Å². The Hall–Kier alpha value is -3.53. The van der Waals surface area contributed by atoms with E-state index in [9.17, 15) is 0 Å². The van der Waals surface area contributed by atoms with Crippen LogP contribution in [0.5, 0.6) is 0 Å².